The van der Waals surface area contributed by atoms with Crippen LogP contribution in [0.5, 0.6) is 0 Å². The van der Waals surface area contributed by atoms with E-state index < -0.39 is 5.97 Å². The Hall–Kier alpha value is -1.39. The lowest BCUT2D eigenvalue weighted by Gasteiger charge is -1.81. The Labute approximate surface area is 49.1 Å². The third-order valence-electron chi connectivity index (χ3n) is 0.709. The summed E-state index contributed by atoms with van der Waals surface area (Å²) in [5.74, 6) is -1.43. The summed E-state index contributed by atoms with van der Waals surface area (Å²) in [6.45, 7) is 0. The standard InChI is InChI=1S/C4H2FNO3/c5-8-4(7)3-1-2-6-9-3/h1-2H. The van der Waals surface area contributed by atoms with Crippen molar-refractivity contribution in [3.8, 4) is 0 Å². The molecular formula is C4H2FNO3. The molecule has 0 fully saturated rings. The average molecular weight is 131 g/mol. The van der Waals surface area contributed by atoms with Gasteiger partial charge in [-0.1, -0.05) is 5.16 Å². The maximum absolute atomic E-state index is 11.0. The zero-order valence-electron chi connectivity index (χ0n) is 4.20. The van der Waals surface area contributed by atoms with E-state index in [-0.39, 0.29) is 5.76 Å². The van der Waals surface area contributed by atoms with Crippen LogP contribution in [-0.4, -0.2) is 11.1 Å². The number of rotatable bonds is 1. The van der Waals surface area contributed by atoms with E-state index >= 15 is 0 Å². The van der Waals surface area contributed by atoms with Crippen LogP contribution in [0.4, 0.5) is 4.53 Å². The van der Waals surface area contributed by atoms with Gasteiger partial charge in [0.2, 0.25) is 5.76 Å². The zero-order valence-corrected chi connectivity index (χ0v) is 4.20. The average Bonchev–Trinajstić information content (AvgIpc) is 2.37. The van der Waals surface area contributed by atoms with E-state index in [2.05, 4.69) is 14.6 Å². The van der Waals surface area contributed by atoms with Gasteiger partial charge in [-0.25, -0.2) is 9.74 Å². The van der Waals surface area contributed by atoms with Crippen molar-refractivity contribution in [1.29, 1.82) is 0 Å². The molecular weight excluding hydrogens is 129 g/mol. The first-order chi connectivity index (χ1) is 4.34. The normalized spacial score (nSPS) is 9.00. The van der Waals surface area contributed by atoms with Crippen LogP contribution in [0.15, 0.2) is 16.8 Å². The first kappa shape index (κ1) is 5.74. The lowest BCUT2D eigenvalue weighted by atomic mass is 10.5. The van der Waals surface area contributed by atoms with Crippen LogP contribution in [0.1, 0.15) is 10.6 Å². The van der Waals surface area contributed by atoms with E-state index in [1.54, 1.807) is 0 Å². The van der Waals surface area contributed by atoms with Gasteiger partial charge < -0.3 is 4.52 Å². The Kier molecular flexibility index (Phi) is 1.44. The van der Waals surface area contributed by atoms with Gasteiger partial charge in [-0.05, 0) is 0 Å². The van der Waals surface area contributed by atoms with Gasteiger partial charge in [-0.3, -0.25) is 0 Å². The lowest BCUT2D eigenvalue weighted by molar-refractivity contribution is -0.0816. The van der Waals surface area contributed by atoms with Gasteiger partial charge in [0.1, 0.15) is 0 Å². The molecule has 5 heteroatoms. The second kappa shape index (κ2) is 2.25. The third-order valence-corrected chi connectivity index (χ3v) is 0.709. The van der Waals surface area contributed by atoms with E-state index in [1.807, 2.05) is 0 Å². The van der Waals surface area contributed by atoms with Crippen LogP contribution >= 0.6 is 0 Å². The summed E-state index contributed by atoms with van der Waals surface area (Å²) in [7, 11) is 0. The Morgan fingerprint density at radius 2 is 2.67 bits per heavy atom. The Morgan fingerprint density at radius 3 is 3.11 bits per heavy atom. The highest BCUT2D eigenvalue weighted by atomic mass is 19.3. The van der Waals surface area contributed by atoms with E-state index in [0.29, 0.717) is 0 Å². The van der Waals surface area contributed by atoms with Gasteiger partial charge >= 0.3 is 5.97 Å². The van der Waals surface area contributed by atoms with Crippen LogP contribution in [0, 0.1) is 0 Å². The highest BCUT2D eigenvalue weighted by Gasteiger charge is 2.10. The maximum atomic E-state index is 11.0. The third kappa shape index (κ3) is 1.04. The zero-order chi connectivity index (χ0) is 6.69. The van der Waals surface area contributed by atoms with Crippen LogP contribution in [0.25, 0.3) is 0 Å². The minimum Gasteiger partial charge on any atom is -0.349 e. The molecule has 0 radical (unpaired) electrons. The lowest BCUT2D eigenvalue weighted by Crippen LogP contribution is -1.94. The molecule has 0 amide bonds. The fraction of sp³-hybridized carbons (Fsp3) is 0. The fourth-order valence-electron chi connectivity index (χ4n) is 0.359. The predicted molar refractivity (Wildman–Crippen MR) is 23.0 cm³/mol. The van der Waals surface area contributed by atoms with Gasteiger partial charge in [-0.15, -0.1) is 0 Å². The number of nitrogens with zero attached hydrogens (tertiary/aromatic N) is 1. The number of aromatic nitrogens is 1. The summed E-state index contributed by atoms with van der Waals surface area (Å²) in [5.41, 5.74) is 0. The smallest absolute Gasteiger partial charge is 0.349 e. The minimum absolute atomic E-state index is 0.252. The molecule has 0 saturated carbocycles. The molecule has 0 spiro atoms. The molecule has 0 aromatic carbocycles. The molecule has 0 unspecified atom stereocenters. The summed E-state index contributed by atoms with van der Waals surface area (Å²) in [4.78, 5) is 13.0. The van der Waals surface area contributed by atoms with E-state index in [0.717, 1.165) is 0 Å². The molecule has 0 N–H and O–H groups in total. The van der Waals surface area contributed by atoms with Crippen molar-refractivity contribution in [1.82, 2.24) is 5.16 Å². The largest absolute Gasteiger partial charge is 0.417 e. The Bertz CT molecular complexity index is 196. The molecule has 0 aliphatic rings. The quantitative estimate of drug-likeness (QED) is 0.563. The first-order valence-electron chi connectivity index (χ1n) is 2.08. The number of hydrogen-bond donors (Lipinski definition) is 0. The van der Waals surface area contributed by atoms with Gasteiger partial charge in [0.25, 0.3) is 0 Å². The van der Waals surface area contributed by atoms with Gasteiger partial charge in [0.05, 0.1) is 6.20 Å². The molecule has 1 aromatic heterocycles. The molecule has 0 aliphatic heterocycles. The van der Waals surface area contributed by atoms with Crippen molar-refractivity contribution in [2.45, 2.75) is 0 Å². The topological polar surface area (TPSA) is 52.3 Å². The highest BCUT2D eigenvalue weighted by molar-refractivity contribution is 5.85. The molecule has 0 saturated heterocycles. The van der Waals surface area contributed by atoms with Crippen LogP contribution in [-0.2, 0) is 4.94 Å². The molecule has 1 rings (SSSR count). The number of hydrogen-bond acceptors (Lipinski definition) is 4. The van der Waals surface area contributed by atoms with Crippen molar-refractivity contribution in [2.75, 3.05) is 0 Å². The molecule has 4 nitrogen and oxygen atoms in total. The van der Waals surface area contributed by atoms with Gasteiger partial charge in [0.15, 0.2) is 0 Å². The first-order valence-corrected chi connectivity index (χ1v) is 2.08. The molecule has 1 heterocycles. The summed E-state index contributed by atoms with van der Waals surface area (Å²) < 4.78 is 15.2. The minimum atomic E-state index is -1.17. The van der Waals surface area contributed by atoms with E-state index in [1.165, 1.54) is 12.3 Å². The molecule has 0 atom stereocenters. The summed E-state index contributed by atoms with van der Waals surface area (Å²) >= 11 is 0. The number of carbonyl (C=O) groups excluding carboxylic acids is 1. The molecule has 0 aliphatic carbocycles. The van der Waals surface area contributed by atoms with E-state index in [9.17, 15) is 9.32 Å². The van der Waals surface area contributed by atoms with Gasteiger partial charge in [0, 0.05) is 10.6 Å². The fourth-order valence-corrected chi connectivity index (χ4v) is 0.359. The van der Waals surface area contributed by atoms with Crippen molar-refractivity contribution in [3.05, 3.63) is 18.0 Å². The van der Waals surface area contributed by atoms with Gasteiger partial charge in [-0.2, -0.15) is 0 Å². The molecule has 48 valence electrons. The Morgan fingerprint density at radius 1 is 1.89 bits per heavy atom. The monoisotopic (exact) mass is 131 g/mol. The molecule has 0 bridgehead atoms. The maximum Gasteiger partial charge on any atom is 0.417 e. The second-order valence-corrected chi connectivity index (χ2v) is 1.24. The van der Waals surface area contributed by atoms with Crippen molar-refractivity contribution in [3.63, 3.8) is 0 Å². The number of carbonyl (C=O) groups is 1. The number of halogens is 1. The van der Waals surface area contributed by atoms with E-state index in [4.69, 9.17) is 0 Å². The summed E-state index contributed by atoms with van der Waals surface area (Å²) in [6.07, 6.45) is 1.21. The van der Waals surface area contributed by atoms with Crippen molar-refractivity contribution in [2.24, 2.45) is 0 Å². The summed E-state index contributed by atoms with van der Waals surface area (Å²) in [6, 6.07) is 1.20. The molecule has 9 heavy (non-hydrogen) atoms. The summed E-state index contributed by atoms with van der Waals surface area (Å²) in [5, 5.41) is 3.15. The van der Waals surface area contributed by atoms with Crippen LogP contribution in [0.3, 0.4) is 0 Å². The van der Waals surface area contributed by atoms with Crippen molar-refractivity contribution < 1.29 is 18.8 Å². The second-order valence-electron chi connectivity index (χ2n) is 1.24. The van der Waals surface area contributed by atoms with Crippen LogP contribution < -0.4 is 0 Å². The highest BCUT2D eigenvalue weighted by Crippen LogP contribution is 1.98. The van der Waals surface area contributed by atoms with Crippen LogP contribution in [0.2, 0.25) is 0 Å². The van der Waals surface area contributed by atoms with Crippen molar-refractivity contribution >= 4 is 5.97 Å². The SMILES string of the molecule is O=C(OF)c1ccno1. The molecule has 1 aromatic rings. The Balaban J connectivity index is 2.77. The predicted octanol–water partition coefficient (Wildman–Crippen LogP) is 0.716.